The summed E-state index contributed by atoms with van der Waals surface area (Å²) in [5.74, 6) is 7.18. The van der Waals surface area contributed by atoms with Gasteiger partial charge in [-0.1, -0.05) is 0 Å². The van der Waals surface area contributed by atoms with E-state index in [2.05, 4.69) is 4.84 Å². The first kappa shape index (κ1) is 11.0. The maximum atomic E-state index is 5.63. The van der Waals surface area contributed by atoms with Crippen LogP contribution in [-0.2, 0) is 11.4 Å². The molecule has 2 N–H and O–H groups in total. The summed E-state index contributed by atoms with van der Waals surface area (Å²) in [6.45, 7) is 1.51. The van der Waals surface area contributed by atoms with Gasteiger partial charge in [-0.2, -0.15) is 0 Å². The van der Waals surface area contributed by atoms with Crippen LogP contribution in [0.5, 0.6) is 17.2 Å². The minimum Gasteiger partial charge on any atom is -0.496 e. The van der Waals surface area contributed by atoms with E-state index in [0.717, 1.165) is 12.0 Å². The van der Waals surface area contributed by atoms with Gasteiger partial charge in [0.2, 0.25) is 0 Å². The standard InChI is InChI=1S/C11H15NO4/c1-13-9-3-4-10-11(8(9)7-16-12)15-6-2-5-14-10/h3-4H,2,5-7,12H2,1H3. The average molecular weight is 225 g/mol. The van der Waals surface area contributed by atoms with Crippen molar-refractivity contribution in [3.8, 4) is 17.2 Å². The zero-order valence-electron chi connectivity index (χ0n) is 9.19. The number of rotatable bonds is 3. The SMILES string of the molecule is COc1ccc2c(c1CON)OCCCO2. The molecular formula is C11H15NO4. The second-order valence-electron chi connectivity index (χ2n) is 3.44. The van der Waals surface area contributed by atoms with Crippen molar-refractivity contribution in [2.75, 3.05) is 20.3 Å². The van der Waals surface area contributed by atoms with Crippen molar-refractivity contribution in [1.82, 2.24) is 0 Å². The first-order chi connectivity index (χ1) is 7.86. The van der Waals surface area contributed by atoms with Gasteiger partial charge in [0.05, 0.1) is 25.9 Å². The Morgan fingerprint density at radius 3 is 2.88 bits per heavy atom. The van der Waals surface area contributed by atoms with Gasteiger partial charge >= 0.3 is 0 Å². The quantitative estimate of drug-likeness (QED) is 0.784. The fourth-order valence-corrected chi connectivity index (χ4v) is 1.69. The van der Waals surface area contributed by atoms with Crippen LogP contribution in [0.25, 0.3) is 0 Å². The third-order valence-electron chi connectivity index (χ3n) is 2.42. The second kappa shape index (κ2) is 5.05. The molecule has 1 aromatic rings. The molecule has 0 radical (unpaired) electrons. The van der Waals surface area contributed by atoms with E-state index in [4.69, 9.17) is 20.1 Å². The van der Waals surface area contributed by atoms with Gasteiger partial charge in [0.25, 0.3) is 0 Å². The zero-order valence-corrected chi connectivity index (χ0v) is 9.19. The fraction of sp³-hybridized carbons (Fsp3) is 0.455. The van der Waals surface area contributed by atoms with E-state index in [1.165, 1.54) is 0 Å². The van der Waals surface area contributed by atoms with Gasteiger partial charge in [-0.05, 0) is 12.1 Å². The molecule has 0 spiro atoms. The summed E-state index contributed by atoms with van der Waals surface area (Å²) in [4.78, 5) is 4.66. The Hall–Kier alpha value is -1.46. The van der Waals surface area contributed by atoms with Crippen molar-refractivity contribution in [2.45, 2.75) is 13.0 Å². The summed E-state index contributed by atoms with van der Waals surface area (Å²) in [6, 6.07) is 3.65. The largest absolute Gasteiger partial charge is 0.496 e. The summed E-state index contributed by atoms with van der Waals surface area (Å²) in [5, 5.41) is 0. The first-order valence-corrected chi connectivity index (χ1v) is 5.14. The lowest BCUT2D eigenvalue weighted by atomic mass is 10.1. The maximum absolute atomic E-state index is 5.63. The highest BCUT2D eigenvalue weighted by molar-refractivity contribution is 5.53. The molecular weight excluding hydrogens is 210 g/mol. The Bertz CT molecular complexity index is 367. The van der Waals surface area contributed by atoms with Crippen LogP contribution in [0, 0.1) is 0 Å². The molecule has 0 amide bonds. The lowest BCUT2D eigenvalue weighted by Gasteiger charge is -2.15. The highest BCUT2D eigenvalue weighted by Gasteiger charge is 2.18. The Morgan fingerprint density at radius 2 is 2.12 bits per heavy atom. The highest BCUT2D eigenvalue weighted by Crippen LogP contribution is 2.39. The van der Waals surface area contributed by atoms with Crippen LogP contribution < -0.4 is 20.1 Å². The van der Waals surface area contributed by atoms with Crippen molar-refractivity contribution < 1.29 is 19.0 Å². The number of methoxy groups -OCH3 is 1. The summed E-state index contributed by atoms with van der Waals surface area (Å²) in [6.07, 6.45) is 0.861. The number of fused-ring (bicyclic) bond motifs is 1. The van der Waals surface area contributed by atoms with Crippen molar-refractivity contribution in [3.05, 3.63) is 17.7 Å². The van der Waals surface area contributed by atoms with E-state index in [0.29, 0.717) is 30.5 Å². The number of nitrogens with two attached hydrogens (primary N) is 1. The third-order valence-corrected chi connectivity index (χ3v) is 2.42. The predicted molar refractivity (Wildman–Crippen MR) is 57.6 cm³/mol. The topological polar surface area (TPSA) is 62.9 Å². The van der Waals surface area contributed by atoms with Crippen molar-refractivity contribution >= 4 is 0 Å². The van der Waals surface area contributed by atoms with Gasteiger partial charge in [0.1, 0.15) is 12.4 Å². The van der Waals surface area contributed by atoms with Gasteiger partial charge in [-0.15, -0.1) is 0 Å². The molecule has 5 nitrogen and oxygen atoms in total. The maximum Gasteiger partial charge on any atom is 0.170 e. The van der Waals surface area contributed by atoms with Crippen LogP contribution in [0.1, 0.15) is 12.0 Å². The summed E-state index contributed by atoms with van der Waals surface area (Å²) < 4.78 is 16.4. The molecule has 0 saturated carbocycles. The highest BCUT2D eigenvalue weighted by atomic mass is 16.6. The Morgan fingerprint density at radius 1 is 1.31 bits per heavy atom. The van der Waals surface area contributed by atoms with Gasteiger partial charge < -0.3 is 14.2 Å². The number of ether oxygens (including phenoxy) is 3. The molecule has 0 bridgehead atoms. The van der Waals surface area contributed by atoms with Crippen LogP contribution in [0.2, 0.25) is 0 Å². The number of hydrogen-bond acceptors (Lipinski definition) is 5. The van der Waals surface area contributed by atoms with Crippen LogP contribution in [0.3, 0.4) is 0 Å². The first-order valence-electron chi connectivity index (χ1n) is 5.14. The summed E-state index contributed by atoms with van der Waals surface area (Å²) in [7, 11) is 1.60. The second-order valence-corrected chi connectivity index (χ2v) is 3.44. The van der Waals surface area contributed by atoms with Crippen LogP contribution in [0.4, 0.5) is 0 Å². The van der Waals surface area contributed by atoms with Gasteiger partial charge in [0, 0.05) is 6.42 Å². The van der Waals surface area contributed by atoms with E-state index < -0.39 is 0 Å². The molecule has 0 unspecified atom stereocenters. The molecule has 0 atom stereocenters. The van der Waals surface area contributed by atoms with Gasteiger partial charge in [-0.3, -0.25) is 4.84 Å². The average Bonchev–Trinajstić information content (AvgIpc) is 2.55. The van der Waals surface area contributed by atoms with Crippen LogP contribution >= 0.6 is 0 Å². The molecule has 16 heavy (non-hydrogen) atoms. The molecule has 0 aliphatic carbocycles. The molecule has 0 fully saturated rings. The molecule has 0 aromatic heterocycles. The predicted octanol–water partition coefficient (Wildman–Crippen LogP) is 1.25. The van der Waals surface area contributed by atoms with E-state index >= 15 is 0 Å². The molecule has 1 aromatic carbocycles. The van der Waals surface area contributed by atoms with E-state index in [1.54, 1.807) is 7.11 Å². The Kier molecular flexibility index (Phi) is 3.48. The monoisotopic (exact) mass is 225 g/mol. The van der Waals surface area contributed by atoms with Gasteiger partial charge in [-0.25, -0.2) is 5.90 Å². The van der Waals surface area contributed by atoms with Crippen LogP contribution in [-0.4, -0.2) is 20.3 Å². The minimum absolute atomic E-state index is 0.232. The number of hydrogen-bond donors (Lipinski definition) is 1. The lowest BCUT2D eigenvalue weighted by molar-refractivity contribution is 0.119. The lowest BCUT2D eigenvalue weighted by Crippen LogP contribution is -2.05. The molecule has 1 heterocycles. The molecule has 88 valence electrons. The number of benzene rings is 1. The van der Waals surface area contributed by atoms with Crippen LogP contribution in [0.15, 0.2) is 12.1 Å². The molecule has 5 heteroatoms. The van der Waals surface area contributed by atoms with Gasteiger partial charge in [0.15, 0.2) is 11.5 Å². The minimum atomic E-state index is 0.232. The normalized spacial score (nSPS) is 14.4. The molecule has 1 aliphatic rings. The third kappa shape index (κ3) is 2.05. The van der Waals surface area contributed by atoms with E-state index in [-0.39, 0.29) is 6.61 Å². The molecule has 0 saturated heterocycles. The van der Waals surface area contributed by atoms with Crippen molar-refractivity contribution in [3.63, 3.8) is 0 Å². The van der Waals surface area contributed by atoms with Crippen molar-refractivity contribution in [1.29, 1.82) is 0 Å². The zero-order chi connectivity index (χ0) is 11.4. The molecule has 1 aliphatic heterocycles. The van der Waals surface area contributed by atoms with E-state index in [9.17, 15) is 0 Å². The molecule has 2 rings (SSSR count). The fourth-order valence-electron chi connectivity index (χ4n) is 1.69. The Labute approximate surface area is 94.0 Å². The Balaban J connectivity index is 2.43. The summed E-state index contributed by atoms with van der Waals surface area (Å²) in [5.41, 5.74) is 0.782. The summed E-state index contributed by atoms with van der Waals surface area (Å²) >= 11 is 0. The van der Waals surface area contributed by atoms with Crippen molar-refractivity contribution in [2.24, 2.45) is 5.90 Å². The smallest absolute Gasteiger partial charge is 0.170 e. The van der Waals surface area contributed by atoms with E-state index in [1.807, 2.05) is 12.1 Å².